The molecule has 2 atom stereocenters. The summed E-state index contributed by atoms with van der Waals surface area (Å²) in [5, 5.41) is 18.6. The Hall–Kier alpha value is -0.810. The molecule has 0 radical (unpaired) electrons. The first-order valence-corrected chi connectivity index (χ1v) is 6.10. The van der Waals surface area contributed by atoms with Crippen LogP contribution >= 0.6 is 0 Å². The number of nitrogens with zero attached hydrogens (tertiary/aromatic N) is 1. The fourth-order valence-electron chi connectivity index (χ4n) is 2.14. The van der Waals surface area contributed by atoms with Crippen molar-refractivity contribution in [2.45, 2.75) is 45.3 Å². The number of carbonyl (C=O) groups is 1. The maximum absolute atomic E-state index is 12.0. The van der Waals surface area contributed by atoms with Gasteiger partial charge in [0.05, 0.1) is 12.6 Å². The molecule has 5 heteroatoms. The molecule has 1 fully saturated rings. The smallest absolute Gasteiger partial charge is 0.410 e. The van der Waals surface area contributed by atoms with Crippen molar-refractivity contribution in [2.24, 2.45) is 5.92 Å². The summed E-state index contributed by atoms with van der Waals surface area (Å²) < 4.78 is 5.30. The van der Waals surface area contributed by atoms with Crippen LogP contribution in [0.2, 0.25) is 0 Å². The second-order valence-electron chi connectivity index (χ2n) is 5.51. The summed E-state index contributed by atoms with van der Waals surface area (Å²) >= 11 is 0. The van der Waals surface area contributed by atoms with E-state index in [2.05, 4.69) is 0 Å². The van der Waals surface area contributed by atoms with E-state index in [1.807, 2.05) is 20.8 Å². The highest BCUT2D eigenvalue weighted by molar-refractivity contribution is 5.68. The van der Waals surface area contributed by atoms with Gasteiger partial charge in [0.15, 0.2) is 0 Å². The zero-order valence-electron chi connectivity index (χ0n) is 10.8. The van der Waals surface area contributed by atoms with E-state index in [4.69, 9.17) is 4.74 Å². The van der Waals surface area contributed by atoms with Gasteiger partial charge in [0, 0.05) is 19.1 Å². The lowest BCUT2D eigenvalue weighted by molar-refractivity contribution is -0.0189. The molecule has 0 aromatic carbocycles. The summed E-state index contributed by atoms with van der Waals surface area (Å²) in [6.07, 6.45) is 1.26. The van der Waals surface area contributed by atoms with E-state index in [9.17, 15) is 15.0 Å². The van der Waals surface area contributed by atoms with Crippen LogP contribution in [0.15, 0.2) is 0 Å². The fourth-order valence-corrected chi connectivity index (χ4v) is 2.14. The van der Waals surface area contributed by atoms with Gasteiger partial charge in [-0.25, -0.2) is 4.79 Å². The Bertz CT molecular complexity index is 262. The summed E-state index contributed by atoms with van der Waals surface area (Å²) in [6, 6.07) is -0.330. The summed E-state index contributed by atoms with van der Waals surface area (Å²) in [5.41, 5.74) is -0.538. The molecule has 0 aliphatic carbocycles. The molecule has 17 heavy (non-hydrogen) atoms. The van der Waals surface area contributed by atoms with Gasteiger partial charge in [-0.05, 0) is 33.6 Å². The third-order valence-electron chi connectivity index (χ3n) is 2.97. The Morgan fingerprint density at radius 3 is 2.47 bits per heavy atom. The van der Waals surface area contributed by atoms with Crippen LogP contribution in [0.4, 0.5) is 4.79 Å². The molecule has 100 valence electrons. The molecule has 0 aromatic heterocycles. The molecule has 1 aliphatic heterocycles. The molecule has 2 N–H and O–H groups in total. The SMILES string of the molecule is CC(C)(C)OC(=O)N1CCC[C@@H](CO)[C@H]1CO. The summed E-state index contributed by atoms with van der Waals surface area (Å²) in [4.78, 5) is 13.5. The van der Waals surface area contributed by atoms with Gasteiger partial charge < -0.3 is 19.8 Å². The zero-order valence-corrected chi connectivity index (χ0v) is 10.8. The molecule has 0 spiro atoms. The van der Waals surface area contributed by atoms with Crippen LogP contribution < -0.4 is 0 Å². The van der Waals surface area contributed by atoms with Crippen LogP contribution in [0.5, 0.6) is 0 Å². The molecule has 1 saturated heterocycles. The maximum atomic E-state index is 12.0. The number of ether oxygens (including phenoxy) is 1. The maximum Gasteiger partial charge on any atom is 0.410 e. The van der Waals surface area contributed by atoms with E-state index in [0.717, 1.165) is 12.8 Å². The molecule has 1 amide bonds. The van der Waals surface area contributed by atoms with Crippen molar-refractivity contribution in [3.05, 3.63) is 0 Å². The number of aliphatic hydroxyl groups is 2. The van der Waals surface area contributed by atoms with Crippen LogP contribution in [-0.2, 0) is 4.74 Å². The monoisotopic (exact) mass is 245 g/mol. The molecule has 1 aliphatic rings. The quantitative estimate of drug-likeness (QED) is 0.761. The number of amides is 1. The highest BCUT2D eigenvalue weighted by Gasteiger charge is 2.35. The second-order valence-corrected chi connectivity index (χ2v) is 5.51. The van der Waals surface area contributed by atoms with Gasteiger partial charge in [0.25, 0.3) is 0 Å². The minimum Gasteiger partial charge on any atom is -0.444 e. The molecule has 0 unspecified atom stereocenters. The first kappa shape index (κ1) is 14.3. The average molecular weight is 245 g/mol. The second kappa shape index (κ2) is 5.69. The van der Waals surface area contributed by atoms with Gasteiger partial charge in [-0.1, -0.05) is 0 Å². The van der Waals surface area contributed by atoms with Crippen LogP contribution in [0, 0.1) is 5.92 Å². The van der Waals surface area contributed by atoms with Gasteiger partial charge >= 0.3 is 6.09 Å². The predicted molar refractivity (Wildman–Crippen MR) is 63.6 cm³/mol. The standard InChI is InChI=1S/C12H23NO4/c1-12(2,3)17-11(16)13-6-4-5-9(7-14)10(13)8-15/h9-10,14-15H,4-8H2,1-3H3/t9-,10+/m0/s1. The lowest BCUT2D eigenvalue weighted by Crippen LogP contribution is -2.52. The number of hydrogen-bond acceptors (Lipinski definition) is 4. The van der Waals surface area contributed by atoms with Crippen molar-refractivity contribution in [1.29, 1.82) is 0 Å². The van der Waals surface area contributed by atoms with Crippen LogP contribution in [-0.4, -0.2) is 52.6 Å². The van der Waals surface area contributed by atoms with Crippen LogP contribution in [0.25, 0.3) is 0 Å². The van der Waals surface area contributed by atoms with E-state index in [0.29, 0.717) is 6.54 Å². The molecule has 1 rings (SSSR count). The lowest BCUT2D eigenvalue weighted by atomic mass is 9.90. The third kappa shape index (κ3) is 3.85. The van der Waals surface area contributed by atoms with Crippen LogP contribution in [0.1, 0.15) is 33.6 Å². The summed E-state index contributed by atoms with van der Waals surface area (Å²) in [5.74, 6) is -0.0544. The molecular formula is C12H23NO4. The minimum atomic E-state index is -0.538. The fraction of sp³-hybridized carbons (Fsp3) is 0.917. The van der Waals surface area contributed by atoms with Gasteiger partial charge in [0.1, 0.15) is 5.60 Å². The molecule has 0 bridgehead atoms. The average Bonchev–Trinajstić information content (AvgIpc) is 2.25. The van der Waals surface area contributed by atoms with Crippen molar-refractivity contribution in [2.75, 3.05) is 19.8 Å². The Balaban J connectivity index is 2.70. The summed E-state index contributed by atoms with van der Waals surface area (Å²) in [6.45, 7) is 5.87. The van der Waals surface area contributed by atoms with E-state index in [1.54, 1.807) is 0 Å². The zero-order chi connectivity index (χ0) is 13.1. The molecular weight excluding hydrogens is 222 g/mol. The molecule has 1 heterocycles. The van der Waals surface area contributed by atoms with Crippen molar-refractivity contribution in [3.63, 3.8) is 0 Å². The molecule has 0 saturated carbocycles. The van der Waals surface area contributed by atoms with E-state index < -0.39 is 11.7 Å². The number of likely N-dealkylation sites (tertiary alicyclic amines) is 1. The van der Waals surface area contributed by atoms with Crippen molar-refractivity contribution in [1.82, 2.24) is 4.90 Å². The highest BCUT2D eigenvalue weighted by atomic mass is 16.6. The van der Waals surface area contributed by atoms with Crippen molar-refractivity contribution < 1.29 is 19.7 Å². The Morgan fingerprint density at radius 2 is 2.00 bits per heavy atom. The normalized spacial score (nSPS) is 25.8. The molecule has 5 nitrogen and oxygen atoms in total. The topological polar surface area (TPSA) is 70.0 Å². The lowest BCUT2D eigenvalue weighted by Gasteiger charge is -2.40. The molecule has 0 aromatic rings. The first-order valence-electron chi connectivity index (χ1n) is 6.10. The van der Waals surface area contributed by atoms with Crippen LogP contribution in [0.3, 0.4) is 0 Å². The van der Waals surface area contributed by atoms with E-state index in [1.165, 1.54) is 4.90 Å². The van der Waals surface area contributed by atoms with Crippen molar-refractivity contribution in [3.8, 4) is 0 Å². The Morgan fingerprint density at radius 1 is 1.35 bits per heavy atom. The summed E-state index contributed by atoms with van der Waals surface area (Å²) in [7, 11) is 0. The van der Waals surface area contributed by atoms with Gasteiger partial charge in [0.2, 0.25) is 0 Å². The number of hydrogen-bond donors (Lipinski definition) is 2. The predicted octanol–water partition coefficient (Wildman–Crippen LogP) is 0.987. The first-order chi connectivity index (χ1) is 7.89. The van der Waals surface area contributed by atoms with E-state index in [-0.39, 0.29) is 25.2 Å². The van der Waals surface area contributed by atoms with Gasteiger partial charge in [-0.15, -0.1) is 0 Å². The minimum absolute atomic E-state index is 0.00940. The number of rotatable bonds is 2. The number of piperidine rings is 1. The number of carbonyl (C=O) groups excluding carboxylic acids is 1. The number of aliphatic hydroxyl groups excluding tert-OH is 2. The highest BCUT2D eigenvalue weighted by Crippen LogP contribution is 2.25. The van der Waals surface area contributed by atoms with Gasteiger partial charge in [-0.2, -0.15) is 0 Å². The van der Waals surface area contributed by atoms with Crippen molar-refractivity contribution >= 4 is 6.09 Å². The van der Waals surface area contributed by atoms with Gasteiger partial charge in [-0.3, -0.25) is 0 Å². The third-order valence-corrected chi connectivity index (χ3v) is 2.97. The van der Waals surface area contributed by atoms with E-state index >= 15 is 0 Å². The Kier molecular flexibility index (Phi) is 4.77. The Labute approximate surface area is 102 Å². The largest absolute Gasteiger partial charge is 0.444 e.